The van der Waals surface area contributed by atoms with Gasteiger partial charge in [-0.25, -0.2) is 9.37 Å². The van der Waals surface area contributed by atoms with Crippen molar-refractivity contribution in [1.82, 2.24) is 19.5 Å². The first-order chi connectivity index (χ1) is 10.1. The zero-order chi connectivity index (χ0) is 14.8. The minimum atomic E-state index is -0.256. The van der Waals surface area contributed by atoms with Crippen molar-refractivity contribution in [2.75, 3.05) is 5.73 Å². The topological polar surface area (TPSA) is 89.6 Å². The van der Waals surface area contributed by atoms with E-state index in [9.17, 15) is 9.18 Å². The Hall–Kier alpha value is -2.41. The molecule has 0 aliphatic carbocycles. The van der Waals surface area contributed by atoms with Crippen molar-refractivity contribution in [3.05, 3.63) is 52.3 Å². The third-order valence-corrected chi connectivity index (χ3v) is 3.34. The van der Waals surface area contributed by atoms with Gasteiger partial charge in [-0.1, -0.05) is 12.1 Å². The van der Waals surface area contributed by atoms with Crippen LogP contribution in [-0.4, -0.2) is 19.5 Å². The largest absolute Gasteiger partial charge is 0.369 e. The summed E-state index contributed by atoms with van der Waals surface area (Å²) in [7, 11) is 0. The molecule has 0 fully saturated rings. The van der Waals surface area contributed by atoms with Gasteiger partial charge in [0.1, 0.15) is 5.82 Å². The predicted octanol–water partition coefficient (Wildman–Crippen LogP) is 1.90. The Morgan fingerprint density at radius 1 is 1.27 bits per heavy atom. The summed E-state index contributed by atoms with van der Waals surface area (Å²) in [6.07, 6.45) is 2.85. The van der Waals surface area contributed by atoms with Crippen LogP contribution >= 0.6 is 12.4 Å². The van der Waals surface area contributed by atoms with Crippen LogP contribution in [0.3, 0.4) is 0 Å². The highest BCUT2D eigenvalue weighted by molar-refractivity contribution is 5.85. The van der Waals surface area contributed by atoms with Gasteiger partial charge in [0.25, 0.3) is 5.56 Å². The molecule has 0 saturated carbocycles. The molecule has 116 valence electrons. The van der Waals surface area contributed by atoms with E-state index >= 15 is 0 Å². The summed E-state index contributed by atoms with van der Waals surface area (Å²) >= 11 is 0. The van der Waals surface area contributed by atoms with E-state index in [0.29, 0.717) is 24.1 Å². The van der Waals surface area contributed by atoms with Gasteiger partial charge in [0.05, 0.1) is 6.33 Å². The molecule has 0 saturated heterocycles. The zero-order valence-electron chi connectivity index (χ0n) is 11.6. The monoisotopic (exact) mass is 323 g/mol. The molecule has 2 aromatic heterocycles. The Kier molecular flexibility index (Phi) is 4.77. The molecule has 0 atom stereocenters. The van der Waals surface area contributed by atoms with Crippen molar-refractivity contribution in [2.45, 2.75) is 19.4 Å². The predicted molar refractivity (Wildman–Crippen MR) is 84.5 cm³/mol. The SMILES string of the molecule is Cl.Nc1nc2nc[nH]c2c(=O)n1CCCc1ccc(F)cc1. The number of halogens is 2. The lowest BCUT2D eigenvalue weighted by atomic mass is 10.1. The van der Waals surface area contributed by atoms with Crippen LogP contribution in [0.1, 0.15) is 12.0 Å². The van der Waals surface area contributed by atoms with Gasteiger partial charge in [0.2, 0.25) is 5.95 Å². The number of hydrogen-bond donors (Lipinski definition) is 2. The van der Waals surface area contributed by atoms with Crippen molar-refractivity contribution < 1.29 is 4.39 Å². The summed E-state index contributed by atoms with van der Waals surface area (Å²) < 4.78 is 14.2. The van der Waals surface area contributed by atoms with Crippen LogP contribution in [0, 0.1) is 5.82 Å². The molecule has 3 N–H and O–H groups in total. The van der Waals surface area contributed by atoms with Gasteiger partial charge in [0.15, 0.2) is 11.2 Å². The average Bonchev–Trinajstić information content (AvgIpc) is 2.93. The summed E-state index contributed by atoms with van der Waals surface area (Å²) in [6, 6.07) is 6.32. The second kappa shape index (κ2) is 6.57. The maximum Gasteiger partial charge on any atom is 0.280 e. The lowest BCUT2D eigenvalue weighted by molar-refractivity contribution is 0.618. The van der Waals surface area contributed by atoms with Crippen molar-refractivity contribution in [3.8, 4) is 0 Å². The Morgan fingerprint density at radius 3 is 2.73 bits per heavy atom. The summed E-state index contributed by atoms with van der Waals surface area (Å²) in [5.74, 6) is -0.105. The van der Waals surface area contributed by atoms with E-state index in [1.165, 1.54) is 23.0 Å². The Morgan fingerprint density at radius 2 is 2.00 bits per heavy atom. The number of hydrogen-bond acceptors (Lipinski definition) is 4. The summed E-state index contributed by atoms with van der Waals surface area (Å²) in [5.41, 5.74) is 7.26. The number of nitrogens with two attached hydrogens (primary N) is 1. The number of rotatable bonds is 4. The number of aryl methyl sites for hydroxylation is 1. The Bertz CT molecular complexity index is 827. The second-order valence-corrected chi connectivity index (χ2v) is 4.76. The number of nitrogen functional groups attached to an aromatic ring is 1. The fourth-order valence-electron chi connectivity index (χ4n) is 2.25. The molecule has 8 heteroatoms. The van der Waals surface area contributed by atoms with Crippen LogP contribution in [0.2, 0.25) is 0 Å². The molecule has 3 aromatic rings. The van der Waals surface area contributed by atoms with Crippen LogP contribution in [0.15, 0.2) is 35.4 Å². The molecule has 0 aliphatic rings. The molecular weight excluding hydrogens is 309 g/mol. The fraction of sp³-hybridized carbons (Fsp3) is 0.214. The minimum absolute atomic E-state index is 0. The molecule has 0 radical (unpaired) electrons. The number of anilines is 1. The van der Waals surface area contributed by atoms with Gasteiger partial charge in [-0.2, -0.15) is 4.98 Å². The van der Waals surface area contributed by atoms with Crippen molar-refractivity contribution >= 4 is 29.5 Å². The number of H-pyrrole nitrogens is 1. The molecule has 2 heterocycles. The Balaban J connectivity index is 0.00000176. The van der Waals surface area contributed by atoms with Crippen LogP contribution in [0.25, 0.3) is 11.2 Å². The molecule has 6 nitrogen and oxygen atoms in total. The number of nitrogens with one attached hydrogen (secondary N) is 1. The molecule has 3 rings (SSSR count). The molecule has 0 unspecified atom stereocenters. The molecule has 1 aromatic carbocycles. The second-order valence-electron chi connectivity index (χ2n) is 4.76. The highest BCUT2D eigenvalue weighted by Crippen LogP contribution is 2.08. The summed E-state index contributed by atoms with van der Waals surface area (Å²) in [6.45, 7) is 0.448. The number of nitrogens with zero attached hydrogens (tertiary/aromatic N) is 3. The van der Waals surface area contributed by atoms with E-state index in [1.54, 1.807) is 12.1 Å². The number of fused-ring (bicyclic) bond motifs is 1. The highest BCUT2D eigenvalue weighted by atomic mass is 35.5. The van der Waals surface area contributed by atoms with E-state index < -0.39 is 0 Å². The lowest BCUT2D eigenvalue weighted by Gasteiger charge is -2.08. The van der Waals surface area contributed by atoms with Crippen LogP contribution in [0.4, 0.5) is 10.3 Å². The number of imidazole rings is 1. The van der Waals surface area contributed by atoms with E-state index in [0.717, 1.165) is 12.0 Å². The van der Waals surface area contributed by atoms with Crippen molar-refractivity contribution in [3.63, 3.8) is 0 Å². The summed E-state index contributed by atoms with van der Waals surface area (Å²) in [4.78, 5) is 23.0. The lowest BCUT2D eigenvalue weighted by Crippen LogP contribution is -2.25. The molecule has 0 amide bonds. The van der Waals surface area contributed by atoms with Gasteiger partial charge < -0.3 is 10.7 Å². The normalized spacial score (nSPS) is 10.6. The molecule has 0 aliphatic heterocycles. The standard InChI is InChI=1S/C14H14FN5O.ClH/c15-10-5-3-9(4-6-10)2-1-7-20-13(21)11-12(18-8-17-11)19-14(20)16;/h3-6,8H,1-2,7H2,(H2,16,19)(H,17,18);1H. The van der Waals surface area contributed by atoms with E-state index in [2.05, 4.69) is 15.0 Å². The maximum absolute atomic E-state index is 12.8. The quantitative estimate of drug-likeness (QED) is 0.767. The molecule has 0 bridgehead atoms. The van der Waals surface area contributed by atoms with E-state index in [-0.39, 0.29) is 29.7 Å². The highest BCUT2D eigenvalue weighted by Gasteiger charge is 2.10. The Labute approximate surface area is 131 Å². The first-order valence-corrected chi connectivity index (χ1v) is 6.59. The number of benzene rings is 1. The summed E-state index contributed by atoms with van der Waals surface area (Å²) in [5, 5.41) is 0. The third-order valence-electron chi connectivity index (χ3n) is 3.34. The number of aromatic nitrogens is 4. The van der Waals surface area contributed by atoms with Crippen LogP contribution in [0.5, 0.6) is 0 Å². The first kappa shape index (κ1) is 16.0. The minimum Gasteiger partial charge on any atom is -0.369 e. The van der Waals surface area contributed by atoms with Gasteiger partial charge in [0, 0.05) is 6.54 Å². The number of aromatic amines is 1. The van der Waals surface area contributed by atoms with Crippen molar-refractivity contribution in [2.24, 2.45) is 0 Å². The van der Waals surface area contributed by atoms with Gasteiger partial charge in [-0.05, 0) is 30.5 Å². The van der Waals surface area contributed by atoms with Crippen molar-refractivity contribution in [1.29, 1.82) is 0 Å². The van der Waals surface area contributed by atoms with Gasteiger partial charge >= 0.3 is 0 Å². The molecular formula is C14H15ClFN5O. The smallest absolute Gasteiger partial charge is 0.280 e. The maximum atomic E-state index is 12.8. The zero-order valence-corrected chi connectivity index (χ0v) is 12.4. The van der Waals surface area contributed by atoms with Crippen LogP contribution in [-0.2, 0) is 13.0 Å². The van der Waals surface area contributed by atoms with E-state index in [1.807, 2.05) is 0 Å². The van der Waals surface area contributed by atoms with E-state index in [4.69, 9.17) is 5.73 Å². The average molecular weight is 324 g/mol. The third kappa shape index (κ3) is 3.09. The van der Waals surface area contributed by atoms with Gasteiger partial charge in [-0.3, -0.25) is 9.36 Å². The first-order valence-electron chi connectivity index (χ1n) is 6.59. The van der Waals surface area contributed by atoms with Gasteiger partial charge in [-0.15, -0.1) is 12.4 Å². The fourth-order valence-corrected chi connectivity index (χ4v) is 2.25. The van der Waals surface area contributed by atoms with Crippen LogP contribution < -0.4 is 11.3 Å². The molecule has 22 heavy (non-hydrogen) atoms. The molecule has 0 spiro atoms.